The molecule has 2 aromatic carbocycles. The van der Waals surface area contributed by atoms with Crippen molar-refractivity contribution in [2.45, 2.75) is 20.4 Å². The summed E-state index contributed by atoms with van der Waals surface area (Å²) in [4.78, 5) is 16.9. The van der Waals surface area contributed by atoms with Crippen molar-refractivity contribution in [3.05, 3.63) is 87.7 Å². The predicted molar refractivity (Wildman–Crippen MR) is 121 cm³/mol. The van der Waals surface area contributed by atoms with Crippen molar-refractivity contribution in [3.8, 4) is 5.75 Å². The minimum Gasteiger partial charge on any atom is -0.496 e. The zero-order valence-electron chi connectivity index (χ0n) is 16.6. The Balaban J connectivity index is 1.86. The average Bonchev–Trinajstić information content (AvgIpc) is 3.12. The van der Waals surface area contributed by atoms with Gasteiger partial charge in [0, 0.05) is 0 Å². The Hall–Kier alpha value is -3.08. The molecular formula is C21H16ClN3O5S2. The molecule has 0 aliphatic heterocycles. The van der Waals surface area contributed by atoms with Crippen molar-refractivity contribution in [2.24, 2.45) is 0 Å². The van der Waals surface area contributed by atoms with Crippen molar-refractivity contribution in [1.82, 2.24) is 9.38 Å². The summed E-state index contributed by atoms with van der Waals surface area (Å²) in [5, 5.41) is 12.1. The lowest BCUT2D eigenvalue weighted by molar-refractivity contribution is -0.391. The fourth-order valence-corrected chi connectivity index (χ4v) is 5.82. The zero-order chi connectivity index (χ0) is 22.9. The van der Waals surface area contributed by atoms with Gasteiger partial charge in [0.2, 0.25) is 5.65 Å². The van der Waals surface area contributed by atoms with Crippen LogP contribution in [-0.2, 0) is 15.6 Å². The molecule has 11 heteroatoms. The van der Waals surface area contributed by atoms with Gasteiger partial charge in [-0.25, -0.2) is 13.4 Å². The minimum absolute atomic E-state index is 0.0630. The average molecular weight is 490 g/mol. The predicted octanol–water partition coefficient (Wildman–Crippen LogP) is 5.03. The molecule has 0 radical (unpaired) electrons. The van der Waals surface area contributed by atoms with Crippen LogP contribution in [0, 0.1) is 10.1 Å². The van der Waals surface area contributed by atoms with Crippen LogP contribution >= 0.6 is 23.4 Å². The summed E-state index contributed by atoms with van der Waals surface area (Å²) in [5.41, 5.74) is 0.0678. The van der Waals surface area contributed by atoms with Gasteiger partial charge in [0.25, 0.3) is 0 Å². The quantitative estimate of drug-likeness (QED) is 0.265. The van der Waals surface area contributed by atoms with Crippen LogP contribution in [0.3, 0.4) is 0 Å². The van der Waals surface area contributed by atoms with Crippen molar-refractivity contribution < 1.29 is 18.1 Å². The SMILES string of the molecule is COc1ccccc1Sc1cc(Cl)cn2c([N+](=O)[O-])c(CS(=O)(=O)c3ccccc3)nc12. The van der Waals surface area contributed by atoms with Crippen molar-refractivity contribution in [1.29, 1.82) is 0 Å². The molecule has 2 heterocycles. The Kier molecular flexibility index (Phi) is 6.09. The summed E-state index contributed by atoms with van der Waals surface area (Å²) in [7, 11) is -2.31. The van der Waals surface area contributed by atoms with E-state index in [9.17, 15) is 18.5 Å². The summed E-state index contributed by atoms with van der Waals surface area (Å²) >= 11 is 7.51. The van der Waals surface area contributed by atoms with Crippen LogP contribution in [0.25, 0.3) is 5.65 Å². The maximum absolute atomic E-state index is 12.9. The van der Waals surface area contributed by atoms with Gasteiger partial charge in [-0.1, -0.05) is 53.7 Å². The number of halogens is 1. The zero-order valence-corrected chi connectivity index (χ0v) is 19.0. The molecule has 164 valence electrons. The van der Waals surface area contributed by atoms with Gasteiger partial charge in [-0.15, -0.1) is 0 Å². The molecule has 0 amide bonds. The smallest absolute Gasteiger partial charge is 0.352 e. The first-order chi connectivity index (χ1) is 15.3. The highest BCUT2D eigenvalue weighted by atomic mass is 35.5. The number of fused-ring (bicyclic) bond motifs is 1. The molecule has 4 rings (SSSR count). The van der Waals surface area contributed by atoms with E-state index in [1.54, 1.807) is 37.4 Å². The van der Waals surface area contributed by atoms with Gasteiger partial charge in [-0.3, -0.25) is 0 Å². The van der Waals surface area contributed by atoms with Gasteiger partial charge in [0.05, 0.1) is 26.8 Å². The largest absolute Gasteiger partial charge is 0.496 e. The Morgan fingerprint density at radius 2 is 1.81 bits per heavy atom. The molecule has 0 spiro atoms. The van der Waals surface area contributed by atoms with Gasteiger partial charge in [-0.05, 0) is 35.3 Å². The van der Waals surface area contributed by atoms with Crippen LogP contribution in [0.2, 0.25) is 5.02 Å². The van der Waals surface area contributed by atoms with E-state index in [0.29, 0.717) is 10.6 Å². The number of aromatic nitrogens is 2. The molecule has 32 heavy (non-hydrogen) atoms. The number of nitrogens with zero attached hydrogens (tertiary/aromatic N) is 3. The molecule has 4 aromatic rings. The van der Waals surface area contributed by atoms with Gasteiger partial charge >= 0.3 is 5.82 Å². The highest BCUT2D eigenvalue weighted by molar-refractivity contribution is 7.99. The van der Waals surface area contributed by atoms with Crippen LogP contribution in [0.1, 0.15) is 5.69 Å². The lowest BCUT2D eigenvalue weighted by Gasteiger charge is -2.07. The summed E-state index contributed by atoms with van der Waals surface area (Å²) in [6.45, 7) is 0. The van der Waals surface area contributed by atoms with Crippen molar-refractivity contribution >= 4 is 44.7 Å². The number of hydrogen-bond acceptors (Lipinski definition) is 7. The number of ether oxygens (including phenoxy) is 1. The molecule has 0 atom stereocenters. The Morgan fingerprint density at radius 1 is 1.12 bits per heavy atom. The normalized spacial score (nSPS) is 11.6. The third-order valence-corrected chi connectivity index (χ3v) is 7.52. The molecule has 0 saturated heterocycles. The molecule has 0 fully saturated rings. The van der Waals surface area contributed by atoms with Gasteiger partial charge < -0.3 is 14.9 Å². The minimum atomic E-state index is -3.85. The first-order valence-electron chi connectivity index (χ1n) is 9.23. The molecular weight excluding hydrogens is 474 g/mol. The third kappa shape index (κ3) is 4.29. The maximum Gasteiger partial charge on any atom is 0.352 e. The molecule has 0 saturated carbocycles. The number of sulfone groups is 1. The number of benzene rings is 2. The first kappa shape index (κ1) is 22.1. The van der Waals surface area contributed by atoms with Crippen LogP contribution in [0.5, 0.6) is 5.75 Å². The number of methoxy groups -OCH3 is 1. The van der Waals surface area contributed by atoms with Gasteiger partial charge in [-0.2, -0.15) is 4.40 Å². The third-order valence-electron chi connectivity index (χ3n) is 4.59. The molecule has 8 nitrogen and oxygen atoms in total. The van der Waals surface area contributed by atoms with E-state index in [1.807, 2.05) is 18.2 Å². The Bertz CT molecular complexity index is 1420. The van der Waals surface area contributed by atoms with E-state index in [4.69, 9.17) is 16.3 Å². The molecule has 0 N–H and O–H groups in total. The Morgan fingerprint density at radius 3 is 2.50 bits per heavy atom. The highest BCUT2D eigenvalue weighted by Crippen LogP contribution is 2.39. The number of imidazole rings is 1. The van der Waals surface area contributed by atoms with E-state index < -0.39 is 26.3 Å². The first-order valence-corrected chi connectivity index (χ1v) is 12.1. The summed E-state index contributed by atoms with van der Waals surface area (Å²) in [6.07, 6.45) is 1.35. The second-order valence-corrected chi connectivity index (χ2v) is 10.2. The van der Waals surface area contributed by atoms with E-state index in [0.717, 1.165) is 4.90 Å². The molecule has 2 aromatic heterocycles. The van der Waals surface area contributed by atoms with Crippen LogP contribution < -0.4 is 4.74 Å². The van der Waals surface area contributed by atoms with Gasteiger partial charge in [0.15, 0.2) is 15.5 Å². The number of pyridine rings is 1. The molecule has 0 bridgehead atoms. The maximum atomic E-state index is 12.9. The summed E-state index contributed by atoms with van der Waals surface area (Å²) in [5.74, 6) is -0.446. The number of hydrogen-bond donors (Lipinski definition) is 0. The van der Waals surface area contributed by atoms with E-state index >= 15 is 0 Å². The van der Waals surface area contributed by atoms with E-state index in [1.165, 1.54) is 34.5 Å². The van der Waals surface area contributed by atoms with Crippen LogP contribution in [0.4, 0.5) is 5.82 Å². The Labute approximate surface area is 192 Å². The summed E-state index contributed by atoms with van der Waals surface area (Å²) in [6, 6.07) is 16.7. The van der Waals surface area contributed by atoms with Crippen molar-refractivity contribution in [2.75, 3.05) is 7.11 Å². The molecule has 0 aliphatic carbocycles. The summed E-state index contributed by atoms with van der Waals surface area (Å²) < 4.78 is 32.3. The molecule has 0 aliphatic rings. The van der Waals surface area contributed by atoms with Gasteiger partial charge in [0.1, 0.15) is 17.7 Å². The van der Waals surface area contributed by atoms with Crippen LogP contribution in [-0.4, -0.2) is 29.8 Å². The monoisotopic (exact) mass is 489 g/mol. The topological polar surface area (TPSA) is 104 Å². The number of rotatable bonds is 7. The lowest BCUT2D eigenvalue weighted by atomic mass is 10.3. The molecule has 0 unspecified atom stereocenters. The van der Waals surface area contributed by atoms with Crippen LogP contribution in [0.15, 0.2) is 81.5 Å². The van der Waals surface area contributed by atoms with Crippen molar-refractivity contribution in [3.63, 3.8) is 0 Å². The van der Waals surface area contributed by atoms with E-state index in [-0.39, 0.29) is 21.3 Å². The fraction of sp³-hybridized carbons (Fsp3) is 0.0952. The number of nitro groups is 1. The second kappa shape index (κ2) is 8.81. The highest BCUT2D eigenvalue weighted by Gasteiger charge is 2.30. The standard InChI is InChI=1S/C21H16ClN3O5S2/c1-30-17-9-5-6-10-18(17)31-19-11-14(22)12-24-20(19)23-16(21(24)25(26)27)13-32(28,29)15-7-3-2-4-8-15/h2-12H,13H2,1H3. The second-order valence-electron chi connectivity index (χ2n) is 6.68. The number of para-hydroxylation sites is 1. The fourth-order valence-electron chi connectivity index (χ4n) is 3.20. The lowest BCUT2D eigenvalue weighted by Crippen LogP contribution is -2.07. The van der Waals surface area contributed by atoms with E-state index in [2.05, 4.69) is 4.98 Å².